The minimum Gasteiger partial charge on any atom is -0.496 e. The molecule has 2 rings (SSSR count). The largest absolute Gasteiger partial charge is 0.496 e. The second-order valence-electron chi connectivity index (χ2n) is 3.69. The molecule has 0 aliphatic carbocycles. The third-order valence-corrected chi connectivity index (χ3v) is 2.68. The van der Waals surface area contributed by atoms with Crippen molar-refractivity contribution in [2.45, 2.75) is 6.92 Å². The molecule has 0 amide bonds. The summed E-state index contributed by atoms with van der Waals surface area (Å²) in [6.07, 6.45) is 0.675. The first kappa shape index (κ1) is 11.2. The Labute approximate surface area is 97.0 Å². The van der Waals surface area contributed by atoms with Crippen molar-refractivity contribution in [3.8, 4) is 5.75 Å². The number of nitrogens with one attached hydrogen (secondary N) is 1. The van der Waals surface area contributed by atoms with Gasteiger partial charge in [0.25, 0.3) is 0 Å². The molecule has 0 spiro atoms. The number of aromatic amines is 1. The van der Waals surface area contributed by atoms with E-state index in [0.29, 0.717) is 34.2 Å². The van der Waals surface area contributed by atoms with Crippen LogP contribution in [0.1, 0.15) is 26.4 Å². The molecule has 0 aliphatic rings. The van der Waals surface area contributed by atoms with E-state index in [1.54, 1.807) is 19.1 Å². The molecule has 0 saturated carbocycles. The number of hydrogen-bond donors (Lipinski definition) is 2. The number of aromatic nitrogens is 1. The van der Waals surface area contributed by atoms with Crippen LogP contribution >= 0.6 is 0 Å². The van der Waals surface area contributed by atoms with Gasteiger partial charge in [0.05, 0.1) is 18.2 Å². The van der Waals surface area contributed by atoms with Crippen molar-refractivity contribution in [1.82, 2.24) is 4.98 Å². The van der Waals surface area contributed by atoms with Crippen molar-refractivity contribution in [2.75, 3.05) is 7.11 Å². The standard InChI is InChI=1S/C12H11NO4/c1-6-11(12(15)16)8-4-10(17-2)7(5-14)3-9(8)13-6/h3-5,13H,1-2H3,(H,15,16). The Morgan fingerprint density at radius 2 is 2.18 bits per heavy atom. The molecule has 1 aromatic carbocycles. The van der Waals surface area contributed by atoms with Crippen molar-refractivity contribution < 1.29 is 19.4 Å². The molecule has 0 radical (unpaired) electrons. The van der Waals surface area contributed by atoms with Crippen LogP contribution in [0.2, 0.25) is 0 Å². The van der Waals surface area contributed by atoms with E-state index in [9.17, 15) is 9.59 Å². The van der Waals surface area contributed by atoms with Gasteiger partial charge in [-0.25, -0.2) is 4.79 Å². The monoisotopic (exact) mass is 233 g/mol. The molecule has 1 heterocycles. The maximum Gasteiger partial charge on any atom is 0.338 e. The first-order valence-electron chi connectivity index (χ1n) is 4.97. The lowest BCUT2D eigenvalue weighted by Gasteiger charge is -2.03. The predicted molar refractivity (Wildman–Crippen MR) is 61.9 cm³/mol. The number of carbonyl (C=O) groups excluding carboxylic acids is 1. The Morgan fingerprint density at radius 1 is 1.47 bits per heavy atom. The Kier molecular flexibility index (Phi) is 2.59. The van der Waals surface area contributed by atoms with E-state index in [0.717, 1.165) is 0 Å². The number of aromatic carboxylic acids is 1. The molecule has 17 heavy (non-hydrogen) atoms. The molecule has 88 valence electrons. The third kappa shape index (κ3) is 1.65. The molecule has 0 bridgehead atoms. The zero-order chi connectivity index (χ0) is 12.6. The number of benzene rings is 1. The molecule has 0 saturated heterocycles. The van der Waals surface area contributed by atoms with Gasteiger partial charge in [0.1, 0.15) is 5.75 Å². The first-order chi connectivity index (χ1) is 8.08. The maximum atomic E-state index is 11.1. The predicted octanol–water partition coefficient (Wildman–Crippen LogP) is 2.00. The summed E-state index contributed by atoms with van der Waals surface area (Å²) in [4.78, 5) is 24.9. The van der Waals surface area contributed by atoms with E-state index < -0.39 is 5.97 Å². The Balaban J connectivity index is 2.83. The van der Waals surface area contributed by atoms with Crippen LogP contribution < -0.4 is 4.74 Å². The van der Waals surface area contributed by atoms with Gasteiger partial charge in [-0.15, -0.1) is 0 Å². The van der Waals surface area contributed by atoms with Crippen LogP contribution in [0.25, 0.3) is 10.9 Å². The average molecular weight is 233 g/mol. The Hall–Kier alpha value is -2.30. The molecule has 2 aromatic rings. The highest BCUT2D eigenvalue weighted by Gasteiger charge is 2.17. The van der Waals surface area contributed by atoms with E-state index in [1.807, 2.05) is 0 Å². The van der Waals surface area contributed by atoms with Gasteiger partial charge in [-0.1, -0.05) is 0 Å². The summed E-state index contributed by atoms with van der Waals surface area (Å²) >= 11 is 0. The molecule has 5 heteroatoms. The molecular formula is C12H11NO4. The lowest BCUT2D eigenvalue weighted by molar-refractivity contribution is 0.0698. The molecular weight excluding hydrogens is 222 g/mol. The SMILES string of the molecule is COc1cc2c(C(=O)O)c(C)[nH]c2cc1C=O. The number of H-pyrrole nitrogens is 1. The fourth-order valence-corrected chi connectivity index (χ4v) is 1.92. The fraction of sp³-hybridized carbons (Fsp3) is 0.167. The van der Waals surface area contributed by atoms with Crippen molar-refractivity contribution >= 4 is 23.2 Å². The lowest BCUT2D eigenvalue weighted by Crippen LogP contribution is -1.97. The summed E-state index contributed by atoms with van der Waals surface area (Å²) in [6.45, 7) is 1.68. The Morgan fingerprint density at radius 3 is 2.71 bits per heavy atom. The molecule has 5 nitrogen and oxygen atoms in total. The van der Waals surface area contributed by atoms with E-state index in [1.165, 1.54) is 7.11 Å². The number of carboxylic acid groups (broad SMARTS) is 1. The number of methoxy groups -OCH3 is 1. The first-order valence-corrected chi connectivity index (χ1v) is 4.97. The summed E-state index contributed by atoms with van der Waals surface area (Å²) in [6, 6.07) is 3.15. The molecule has 2 N–H and O–H groups in total. The second-order valence-corrected chi connectivity index (χ2v) is 3.69. The zero-order valence-electron chi connectivity index (χ0n) is 9.40. The third-order valence-electron chi connectivity index (χ3n) is 2.68. The summed E-state index contributed by atoms with van der Waals surface area (Å²) in [5.74, 6) is -0.636. The minimum atomic E-state index is -1.00. The van der Waals surface area contributed by atoms with Crippen LogP contribution in [-0.2, 0) is 0 Å². The summed E-state index contributed by atoms with van der Waals surface area (Å²) < 4.78 is 5.05. The van der Waals surface area contributed by atoms with Crippen LogP contribution in [0.15, 0.2) is 12.1 Å². The van der Waals surface area contributed by atoms with Gasteiger partial charge in [-0.2, -0.15) is 0 Å². The van der Waals surface area contributed by atoms with Crippen LogP contribution in [0, 0.1) is 6.92 Å². The number of hydrogen-bond acceptors (Lipinski definition) is 3. The van der Waals surface area contributed by atoms with Crippen molar-refractivity contribution in [2.24, 2.45) is 0 Å². The van der Waals surface area contributed by atoms with Gasteiger partial charge in [-0.05, 0) is 19.1 Å². The van der Waals surface area contributed by atoms with Crippen LogP contribution in [0.5, 0.6) is 5.75 Å². The average Bonchev–Trinajstić information content (AvgIpc) is 2.61. The van der Waals surface area contributed by atoms with Crippen molar-refractivity contribution in [1.29, 1.82) is 0 Å². The highest BCUT2D eigenvalue weighted by Crippen LogP contribution is 2.29. The van der Waals surface area contributed by atoms with E-state index in [2.05, 4.69) is 4.98 Å². The van der Waals surface area contributed by atoms with E-state index >= 15 is 0 Å². The normalized spacial score (nSPS) is 10.5. The fourth-order valence-electron chi connectivity index (χ4n) is 1.92. The summed E-state index contributed by atoms with van der Waals surface area (Å²) in [5, 5.41) is 9.65. The zero-order valence-corrected chi connectivity index (χ0v) is 9.40. The second kappa shape index (κ2) is 3.93. The van der Waals surface area contributed by atoms with Crippen molar-refractivity contribution in [3.63, 3.8) is 0 Å². The molecule has 1 aromatic heterocycles. The van der Waals surface area contributed by atoms with Crippen LogP contribution in [0.4, 0.5) is 0 Å². The molecule has 0 fully saturated rings. The molecule has 0 aliphatic heterocycles. The Bertz CT molecular complexity index is 612. The maximum absolute atomic E-state index is 11.1. The van der Waals surface area contributed by atoms with Gasteiger partial charge in [0, 0.05) is 16.6 Å². The van der Waals surface area contributed by atoms with Gasteiger partial charge in [0.2, 0.25) is 0 Å². The van der Waals surface area contributed by atoms with Crippen LogP contribution in [0.3, 0.4) is 0 Å². The van der Waals surface area contributed by atoms with E-state index in [-0.39, 0.29) is 5.56 Å². The van der Waals surface area contributed by atoms with Gasteiger partial charge >= 0.3 is 5.97 Å². The summed E-state index contributed by atoms with van der Waals surface area (Å²) in [5.41, 5.74) is 1.76. The number of aldehydes is 1. The number of fused-ring (bicyclic) bond motifs is 1. The number of carboxylic acids is 1. The van der Waals surface area contributed by atoms with Gasteiger partial charge in [0.15, 0.2) is 6.29 Å². The van der Waals surface area contributed by atoms with Crippen LogP contribution in [-0.4, -0.2) is 29.5 Å². The van der Waals surface area contributed by atoms with E-state index in [4.69, 9.17) is 9.84 Å². The lowest BCUT2D eigenvalue weighted by atomic mass is 10.1. The van der Waals surface area contributed by atoms with Gasteiger partial charge in [-0.3, -0.25) is 4.79 Å². The number of aryl methyl sites for hydroxylation is 1. The van der Waals surface area contributed by atoms with Crippen molar-refractivity contribution in [3.05, 3.63) is 29.0 Å². The topological polar surface area (TPSA) is 79.4 Å². The smallest absolute Gasteiger partial charge is 0.338 e. The molecule has 0 atom stereocenters. The summed E-state index contributed by atoms with van der Waals surface area (Å²) in [7, 11) is 1.44. The highest BCUT2D eigenvalue weighted by atomic mass is 16.5. The molecule has 0 unspecified atom stereocenters. The highest BCUT2D eigenvalue weighted by molar-refractivity contribution is 6.06. The number of rotatable bonds is 3. The quantitative estimate of drug-likeness (QED) is 0.794. The number of ether oxygens (including phenoxy) is 1. The van der Waals surface area contributed by atoms with Gasteiger partial charge < -0.3 is 14.8 Å². The number of carbonyl (C=O) groups is 2. The minimum absolute atomic E-state index is 0.204.